The van der Waals surface area contributed by atoms with Crippen LogP contribution >= 0.6 is 11.6 Å². The maximum Gasteiger partial charge on any atom is 0.416 e. The molecule has 1 saturated carbocycles. The molecule has 2 aliphatic rings. The zero-order chi connectivity index (χ0) is 28.5. The van der Waals surface area contributed by atoms with Gasteiger partial charge in [-0.15, -0.1) is 0 Å². The molecule has 1 heterocycles. The van der Waals surface area contributed by atoms with Gasteiger partial charge in [-0.1, -0.05) is 42.6 Å². The highest BCUT2D eigenvalue weighted by Crippen LogP contribution is 2.46. The smallest absolute Gasteiger partial charge is 0.416 e. The molecule has 0 N–H and O–H groups in total. The predicted molar refractivity (Wildman–Crippen MR) is 146 cm³/mol. The Morgan fingerprint density at radius 3 is 2.33 bits per heavy atom. The third-order valence-corrected chi connectivity index (χ3v) is 8.35. The van der Waals surface area contributed by atoms with Gasteiger partial charge in [0.25, 0.3) is 0 Å². The van der Waals surface area contributed by atoms with Gasteiger partial charge in [0.2, 0.25) is 5.91 Å². The first-order valence-electron chi connectivity index (χ1n) is 13.3. The van der Waals surface area contributed by atoms with Crippen LogP contribution in [-0.2, 0) is 22.8 Å². The second-order valence-electron chi connectivity index (χ2n) is 10.3. The SMILES string of the molecule is COc1cc2c(cc1OC)C(COc1cccc(C(F)(F)F)c1)N(C(=O)C1(c3ccc(Cl)cc3)CCCC1)CC2. The lowest BCUT2D eigenvalue weighted by Crippen LogP contribution is -2.50. The van der Waals surface area contributed by atoms with Gasteiger partial charge in [-0.3, -0.25) is 4.79 Å². The monoisotopic (exact) mass is 573 g/mol. The summed E-state index contributed by atoms with van der Waals surface area (Å²) >= 11 is 6.16. The number of rotatable bonds is 7. The molecule has 3 aromatic rings. The molecule has 1 fully saturated rings. The number of amides is 1. The fourth-order valence-corrected chi connectivity index (χ4v) is 6.16. The summed E-state index contributed by atoms with van der Waals surface area (Å²) in [4.78, 5) is 16.4. The van der Waals surface area contributed by atoms with Crippen LogP contribution in [0, 0.1) is 0 Å². The Balaban J connectivity index is 1.54. The van der Waals surface area contributed by atoms with E-state index in [9.17, 15) is 18.0 Å². The molecular weight excluding hydrogens is 543 g/mol. The first-order chi connectivity index (χ1) is 19.2. The Hall–Kier alpha value is -3.39. The minimum absolute atomic E-state index is 0.00889. The minimum atomic E-state index is -4.49. The number of nitrogens with zero attached hydrogens (tertiary/aromatic N) is 1. The molecule has 5 rings (SSSR count). The van der Waals surface area contributed by atoms with Gasteiger partial charge in [-0.25, -0.2) is 0 Å². The summed E-state index contributed by atoms with van der Waals surface area (Å²) in [6.07, 6.45) is -0.618. The number of ether oxygens (including phenoxy) is 3. The number of fused-ring (bicyclic) bond motifs is 1. The largest absolute Gasteiger partial charge is 0.493 e. The van der Waals surface area contributed by atoms with Gasteiger partial charge in [0.05, 0.1) is 31.2 Å². The number of halogens is 4. The molecule has 3 aromatic carbocycles. The van der Waals surface area contributed by atoms with Gasteiger partial charge in [0.15, 0.2) is 11.5 Å². The first kappa shape index (κ1) is 28.1. The molecule has 0 radical (unpaired) electrons. The van der Waals surface area contributed by atoms with Crippen LogP contribution in [-0.4, -0.2) is 38.2 Å². The summed E-state index contributed by atoms with van der Waals surface area (Å²) in [5.74, 6) is 1.16. The van der Waals surface area contributed by atoms with Crippen molar-refractivity contribution in [2.75, 3.05) is 27.4 Å². The summed E-state index contributed by atoms with van der Waals surface area (Å²) in [5, 5.41) is 0.602. The Labute approximate surface area is 236 Å². The van der Waals surface area contributed by atoms with Crippen LogP contribution in [0.4, 0.5) is 13.2 Å². The van der Waals surface area contributed by atoms with Crippen LogP contribution < -0.4 is 14.2 Å². The van der Waals surface area contributed by atoms with Crippen LogP contribution in [0.5, 0.6) is 17.2 Å². The zero-order valence-electron chi connectivity index (χ0n) is 22.4. The number of alkyl halides is 3. The van der Waals surface area contributed by atoms with Gasteiger partial charge in [0, 0.05) is 11.6 Å². The van der Waals surface area contributed by atoms with Crippen LogP contribution in [0.25, 0.3) is 0 Å². The third-order valence-electron chi connectivity index (χ3n) is 8.10. The summed E-state index contributed by atoms with van der Waals surface area (Å²) in [6, 6.07) is 15.5. The number of hydrogen-bond acceptors (Lipinski definition) is 4. The van der Waals surface area contributed by atoms with Crippen LogP contribution in [0.3, 0.4) is 0 Å². The maximum absolute atomic E-state index is 14.5. The van der Waals surface area contributed by atoms with E-state index in [1.807, 2.05) is 29.2 Å². The highest BCUT2D eigenvalue weighted by molar-refractivity contribution is 6.30. The van der Waals surface area contributed by atoms with Crippen molar-refractivity contribution in [3.05, 3.63) is 87.9 Å². The molecule has 1 aliphatic carbocycles. The van der Waals surface area contributed by atoms with Crippen molar-refractivity contribution in [2.24, 2.45) is 0 Å². The molecule has 0 bridgehead atoms. The number of carbonyl (C=O) groups excluding carboxylic acids is 1. The normalized spacial score (nSPS) is 18.2. The molecular formula is C31H31ClF3NO4. The van der Waals surface area contributed by atoms with E-state index in [4.69, 9.17) is 25.8 Å². The fraction of sp³-hybridized carbons (Fsp3) is 0.387. The molecule has 9 heteroatoms. The van der Waals surface area contributed by atoms with E-state index in [2.05, 4.69) is 0 Å². The lowest BCUT2D eigenvalue weighted by atomic mass is 9.76. The van der Waals surface area contributed by atoms with Crippen molar-refractivity contribution in [2.45, 2.75) is 49.7 Å². The van der Waals surface area contributed by atoms with Gasteiger partial charge < -0.3 is 19.1 Å². The van der Waals surface area contributed by atoms with Crippen molar-refractivity contribution in [3.8, 4) is 17.2 Å². The van der Waals surface area contributed by atoms with Crippen LogP contribution in [0.2, 0.25) is 5.02 Å². The average molecular weight is 574 g/mol. The van der Waals surface area contributed by atoms with Crippen molar-refractivity contribution in [1.82, 2.24) is 4.90 Å². The highest BCUT2D eigenvalue weighted by Gasteiger charge is 2.47. The summed E-state index contributed by atoms with van der Waals surface area (Å²) in [7, 11) is 3.10. The van der Waals surface area contributed by atoms with Crippen molar-refractivity contribution in [3.63, 3.8) is 0 Å². The number of hydrogen-bond donors (Lipinski definition) is 0. The first-order valence-corrected chi connectivity index (χ1v) is 13.7. The van der Waals surface area contributed by atoms with Crippen molar-refractivity contribution < 1.29 is 32.2 Å². The highest BCUT2D eigenvalue weighted by atomic mass is 35.5. The fourth-order valence-electron chi connectivity index (χ4n) is 6.04. The Kier molecular flexibility index (Phi) is 7.91. The number of carbonyl (C=O) groups is 1. The second kappa shape index (κ2) is 11.2. The van der Waals surface area contributed by atoms with Crippen molar-refractivity contribution in [1.29, 1.82) is 0 Å². The van der Waals surface area contributed by atoms with Gasteiger partial charge >= 0.3 is 6.18 Å². The van der Waals surface area contributed by atoms with E-state index >= 15 is 0 Å². The van der Waals surface area contributed by atoms with E-state index in [0.29, 0.717) is 42.3 Å². The lowest BCUT2D eigenvalue weighted by Gasteiger charge is -2.42. The van der Waals surface area contributed by atoms with E-state index in [1.54, 1.807) is 19.2 Å². The standard InChI is InChI=1S/C31H31ClF3NO4/c1-38-27-16-20-12-15-36(29(37)30(13-3-4-14-30)21-8-10-23(32)11-9-21)26(25(20)18-28(27)39-2)19-40-24-7-5-6-22(17-24)31(33,34)35/h5-11,16-18,26H,3-4,12-15,19H2,1-2H3. The Morgan fingerprint density at radius 1 is 1.00 bits per heavy atom. The van der Waals surface area contributed by atoms with Crippen LogP contribution in [0.15, 0.2) is 60.7 Å². The molecule has 1 unspecified atom stereocenters. The van der Waals surface area contributed by atoms with Gasteiger partial charge in [-0.05, 0) is 78.4 Å². The topological polar surface area (TPSA) is 48.0 Å². The quantitative estimate of drug-likeness (QED) is 0.296. The molecule has 40 heavy (non-hydrogen) atoms. The predicted octanol–water partition coefficient (Wildman–Crippen LogP) is 7.39. The molecule has 1 aliphatic heterocycles. The van der Waals surface area contributed by atoms with E-state index in [-0.39, 0.29) is 18.3 Å². The van der Waals surface area contributed by atoms with Gasteiger partial charge in [-0.2, -0.15) is 13.2 Å². The Bertz CT molecular complexity index is 1370. The van der Waals surface area contributed by atoms with Crippen LogP contribution in [0.1, 0.15) is 54.0 Å². The van der Waals surface area contributed by atoms with Crippen molar-refractivity contribution >= 4 is 17.5 Å². The zero-order valence-corrected chi connectivity index (χ0v) is 23.1. The number of benzene rings is 3. The van der Waals surface area contributed by atoms with E-state index < -0.39 is 23.2 Å². The molecule has 0 aromatic heterocycles. The summed E-state index contributed by atoms with van der Waals surface area (Å²) in [6.45, 7) is 0.416. The molecule has 0 spiro atoms. The summed E-state index contributed by atoms with van der Waals surface area (Å²) < 4.78 is 57.1. The maximum atomic E-state index is 14.5. The summed E-state index contributed by atoms with van der Waals surface area (Å²) in [5.41, 5.74) is 1.24. The van der Waals surface area contributed by atoms with E-state index in [1.165, 1.54) is 19.2 Å². The Morgan fingerprint density at radius 2 is 1.68 bits per heavy atom. The molecule has 0 saturated heterocycles. The second-order valence-corrected chi connectivity index (χ2v) is 10.7. The third kappa shape index (κ3) is 5.33. The average Bonchev–Trinajstić information content (AvgIpc) is 3.46. The lowest BCUT2D eigenvalue weighted by molar-refractivity contribution is -0.141. The minimum Gasteiger partial charge on any atom is -0.493 e. The molecule has 5 nitrogen and oxygen atoms in total. The van der Waals surface area contributed by atoms with Gasteiger partial charge in [0.1, 0.15) is 12.4 Å². The molecule has 212 valence electrons. The molecule has 1 atom stereocenters. The van der Waals surface area contributed by atoms with E-state index in [0.717, 1.165) is 41.7 Å². The molecule has 1 amide bonds. The number of methoxy groups -OCH3 is 2.